The van der Waals surface area contributed by atoms with Gasteiger partial charge in [-0.25, -0.2) is 0 Å². The fraction of sp³-hybridized carbons (Fsp3) is 0.710. The van der Waals surface area contributed by atoms with Crippen LogP contribution in [0.3, 0.4) is 0 Å². The highest BCUT2D eigenvalue weighted by Crippen LogP contribution is 2.78. The maximum Gasteiger partial charge on any atom is 0.321 e. The number of allylic oxidation sites excluding steroid dienone is 3. The van der Waals surface area contributed by atoms with E-state index in [0.29, 0.717) is 31.3 Å². The van der Waals surface area contributed by atoms with Gasteiger partial charge in [-0.05, 0) is 57.8 Å². The molecule has 0 aromatic heterocycles. The van der Waals surface area contributed by atoms with E-state index in [1.807, 2.05) is 26.8 Å². The zero-order valence-electron chi connectivity index (χ0n) is 25.3. The van der Waals surface area contributed by atoms with E-state index in [2.05, 4.69) is 0 Å². The molecule has 0 aromatic carbocycles. The van der Waals surface area contributed by atoms with Crippen molar-refractivity contribution in [2.24, 2.45) is 38.9 Å². The van der Waals surface area contributed by atoms with Gasteiger partial charge in [0.15, 0.2) is 5.78 Å². The molecular weight excluding hydrogens is 516 g/mol. The Balaban J connectivity index is 2.08. The van der Waals surface area contributed by atoms with E-state index in [1.165, 1.54) is 28.1 Å². The lowest BCUT2D eigenvalue weighted by atomic mass is 9.33. The maximum atomic E-state index is 14.3. The first-order valence-corrected chi connectivity index (χ1v) is 13.9. The van der Waals surface area contributed by atoms with Gasteiger partial charge in [0.25, 0.3) is 0 Å². The summed E-state index contributed by atoms with van der Waals surface area (Å²) in [5.74, 6) is -3.28. The summed E-state index contributed by atoms with van der Waals surface area (Å²) >= 11 is 0. The number of carbonyl (C=O) groups is 5. The lowest BCUT2D eigenvalue weighted by Crippen LogP contribution is -2.71. The number of rotatable bonds is 4. The first kappa shape index (κ1) is 30.0. The average Bonchev–Trinajstić information content (AvgIpc) is 3.05. The van der Waals surface area contributed by atoms with E-state index in [1.54, 1.807) is 20.8 Å². The number of methoxy groups -OCH3 is 2. The van der Waals surface area contributed by atoms with Crippen molar-refractivity contribution in [2.75, 3.05) is 14.2 Å². The minimum atomic E-state index is -1.70. The summed E-state index contributed by atoms with van der Waals surface area (Å²) in [6, 6.07) is 0. The van der Waals surface area contributed by atoms with Crippen molar-refractivity contribution < 1.29 is 42.9 Å². The summed E-state index contributed by atoms with van der Waals surface area (Å²) in [6.07, 6.45) is 3.24. The molecule has 7 atom stereocenters. The lowest BCUT2D eigenvalue weighted by Gasteiger charge is -2.68. The van der Waals surface area contributed by atoms with E-state index in [4.69, 9.17) is 18.9 Å². The monoisotopic (exact) mass is 558 g/mol. The Labute approximate surface area is 236 Å². The van der Waals surface area contributed by atoms with Crippen molar-refractivity contribution in [3.63, 3.8) is 0 Å². The molecule has 0 saturated heterocycles. The highest BCUT2D eigenvalue weighted by atomic mass is 16.6. The Morgan fingerprint density at radius 2 is 1.48 bits per heavy atom. The average molecular weight is 559 g/mol. The first-order chi connectivity index (χ1) is 18.5. The summed E-state index contributed by atoms with van der Waals surface area (Å²) in [5, 5.41) is 0. The minimum absolute atomic E-state index is 0.00521. The quantitative estimate of drug-likeness (QED) is 0.279. The summed E-state index contributed by atoms with van der Waals surface area (Å²) in [7, 11) is 2.63. The highest BCUT2D eigenvalue weighted by molar-refractivity contribution is 6.11. The van der Waals surface area contributed by atoms with Gasteiger partial charge in [0, 0.05) is 30.8 Å². The van der Waals surface area contributed by atoms with Crippen LogP contribution in [-0.4, -0.2) is 50.0 Å². The third-order valence-corrected chi connectivity index (χ3v) is 11.3. The Bertz CT molecular complexity index is 1260. The minimum Gasteiger partial charge on any atom is -0.469 e. The number of hydrogen-bond acceptors (Lipinski definition) is 9. The summed E-state index contributed by atoms with van der Waals surface area (Å²) in [5.41, 5.74) is -5.07. The number of ether oxygens (including phenoxy) is 4. The molecule has 0 N–H and O–H groups in total. The number of ketones is 1. The van der Waals surface area contributed by atoms with Crippen molar-refractivity contribution in [2.45, 2.75) is 87.2 Å². The molecule has 0 heterocycles. The van der Waals surface area contributed by atoms with Crippen LogP contribution in [0.1, 0.15) is 81.1 Å². The smallest absolute Gasteiger partial charge is 0.321 e. The molecule has 0 aliphatic heterocycles. The maximum absolute atomic E-state index is 14.3. The predicted molar refractivity (Wildman–Crippen MR) is 143 cm³/mol. The van der Waals surface area contributed by atoms with E-state index in [9.17, 15) is 24.0 Å². The third kappa shape index (κ3) is 3.29. The van der Waals surface area contributed by atoms with E-state index < -0.39 is 57.0 Å². The fourth-order valence-corrected chi connectivity index (χ4v) is 9.56. The molecule has 40 heavy (non-hydrogen) atoms. The molecule has 4 aliphatic rings. The Kier molecular flexibility index (Phi) is 6.96. The zero-order valence-corrected chi connectivity index (χ0v) is 25.3. The molecule has 9 heteroatoms. The Morgan fingerprint density at radius 1 is 0.875 bits per heavy atom. The van der Waals surface area contributed by atoms with Crippen molar-refractivity contribution in [1.82, 2.24) is 0 Å². The van der Waals surface area contributed by atoms with Gasteiger partial charge in [-0.1, -0.05) is 32.4 Å². The van der Waals surface area contributed by atoms with Gasteiger partial charge in [-0.15, -0.1) is 0 Å². The second kappa shape index (κ2) is 9.28. The van der Waals surface area contributed by atoms with Gasteiger partial charge >= 0.3 is 23.9 Å². The molecule has 0 aromatic rings. The second-order valence-electron chi connectivity index (χ2n) is 13.1. The van der Waals surface area contributed by atoms with Crippen LogP contribution in [0.2, 0.25) is 0 Å². The molecule has 0 unspecified atom stereocenters. The van der Waals surface area contributed by atoms with Gasteiger partial charge in [0.1, 0.15) is 17.3 Å². The number of fused-ring (bicyclic) bond motifs is 5. The van der Waals surface area contributed by atoms with Gasteiger partial charge in [-0.2, -0.15) is 0 Å². The number of carbonyl (C=O) groups excluding carboxylic acids is 5. The summed E-state index contributed by atoms with van der Waals surface area (Å²) < 4.78 is 22.5. The third-order valence-electron chi connectivity index (χ3n) is 11.3. The summed E-state index contributed by atoms with van der Waals surface area (Å²) in [6.45, 7) is 13.7. The van der Waals surface area contributed by atoms with Crippen molar-refractivity contribution in [3.05, 3.63) is 23.0 Å². The second-order valence-corrected chi connectivity index (χ2v) is 13.1. The lowest BCUT2D eigenvalue weighted by molar-refractivity contribution is -0.231. The first-order valence-electron chi connectivity index (χ1n) is 13.9. The standard InChI is InChI=1S/C31H42O9/c1-16-15-21-28(7,31(26(36)38-10)24(40-19(4)33)17(2)23(34)29(16,31)8)13-11-20-27(5,6)22(39-18(3)32)12-14-30(20,21)25(35)37-9/h15,20-22H,11-14H2,1-10H3/t20-,21+,22+,28+,29+,30+,31-/m1/s1. The Hall–Kier alpha value is -2.97. The molecule has 0 radical (unpaired) electrons. The van der Waals surface area contributed by atoms with E-state index >= 15 is 0 Å². The number of esters is 4. The number of hydrogen-bond donors (Lipinski definition) is 0. The van der Waals surface area contributed by atoms with Crippen LogP contribution in [0, 0.1) is 38.9 Å². The molecule has 2 saturated carbocycles. The van der Waals surface area contributed by atoms with Crippen LogP contribution in [0.4, 0.5) is 0 Å². The molecule has 0 spiro atoms. The van der Waals surface area contributed by atoms with Gasteiger partial charge in [0.05, 0.1) is 25.0 Å². The number of Topliss-reactive ketones (excluding diaryl/α,β-unsaturated/α-hetero) is 1. The SMILES string of the molecule is COC(=O)[C@@]12CC[C@H](OC(C)=O)C(C)(C)[C@H]1CC[C@@]1(C)[C@@H]2C=C(C)[C@@]2(C)C(=O)C(C)=C(OC(C)=O)[C@]21C(=O)OC. The van der Waals surface area contributed by atoms with Crippen molar-refractivity contribution in [3.8, 4) is 0 Å². The van der Waals surface area contributed by atoms with Crippen LogP contribution >= 0.6 is 0 Å². The van der Waals surface area contributed by atoms with Crippen LogP contribution in [-0.2, 0) is 42.9 Å². The molecule has 4 rings (SSSR count). The topological polar surface area (TPSA) is 122 Å². The molecule has 0 amide bonds. The van der Waals surface area contributed by atoms with Gasteiger partial charge in [-0.3, -0.25) is 24.0 Å². The zero-order chi connectivity index (χ0) is 30.2. The Morgan fingerprint density at radius 3 is 2.00 bits per heavy atom. The van der Waals surface area contributed by atoms with Crippen molar-refractivity contribution >= 4 is 29.7 Å². The van der Waals surface area contributed by atoms with E-state index in [-0.39, 0.29) is 29.0 Å². The predicted octanol–water partition coefficient (Wildman–Crippen LogP) is 4.48. The molecule has 2 fully saturated rings. The highest BCUT2D eigenvalue weighted by Gasteiger charge is 2.82. The normalized spacial score (nSPS) is 39.7. The molecule has 9 nitrogen and oxygen atoms in total. The molecular formula is C31H42O9. The molecule has 220 valence electrons. The van der Waals surface area contributed by atoms with E-state index in [0.717, 1.165) is 0 Å². The molecule has 4 aliphatic carbocycles. The van der Waals surface area contributed by atoms with Crippen molar-refractivity contribution in [1.29, 1.82) is 0 Å². The summed E-state index contributed by atoms with van der Waals surface area (Å²) in [4.78, 5) is 66.9. The van der Waals surface area contributed by atoms with Crippen LogP contribution < -0.4 is 0 Å². The fourth-order valence-electron chi connectivity index (χ4n) is 9.56. The van der Waals surface area contributed by atoms with Gasteiger partial charge in [0.2, 0.25) is 0 Å². The largest absolute Gasteiger partial charge is 0.469 e. The van der Waals surface area contributed by atoms with Gasteiger partial charge < -0.3 is 18.9 Å². The van der Waals surface area contributed by atoms with Crippen LogP contribution in [0.15, 0.2) is 23.0 Å². The molecule has 0 bridgehead atoms. The van der Waals surface area contributed by atoms with Crippen LogP contribution in [0.25, 0.3) is 0 Å². The van der Waals surface area contributed by atoms with Crippen LogP contribution in [0.5, 0.6) is 0 Å².